The average Bonchev–Trinajstić information content (AvgIpc) is 2.11. The molecule has 4 nitrogen and oxygen atoms in total. The Morgan fingerprint density at radius 2 is 1.82 bits per heavy atom. The number of halogens is 2. The van der Waals surface area contributed by atoms with Crippen molar-refractivity contribution in [3.63, 3.8) is 0 Å². The van der Waals surface area contributed by atoms with Gasteiger partial charge in [0.05, 0.1) is 27.2 Å². The summed E-state index contributed by atoms with van der Waals surface area (Å²) in [6, 6.07) is -0.688. The molecule has 0 rings (SSSR count). The van der Waals surface area contributed by atoms with Gasteiger partial charge in [-0.25, -0.2) is 0 Å². The summed E-state index contributed by atoms with van der Waals surface area (Å²) >= 11 is 0. The van der Waals surface area contributed by atoms with Gasteiger partial charge in [-0.2, -0.15) is 0 Å². The van der Waals surface area contributed by atoms with Gasteiger partial charge in [0, 0.05) is 0 Å². The fraction of sp³-hybridized carbons (Fsp3) is 0.909. The van der Waals surface area contributed by atoms with Crippen LogP contribution in [-0.2, 0) is 4.79 Å². The molecule has 106 valence electrons. The van der Waals surface area contributed by atoms with Crippen LogP contribution in [0, 0.1) is 0 Å². The highest BCUT2D eigenvalue weighted by Crippen LogP contribution is 2.06. The Morgan fingerprint density at radius 1 is 1.29 bits per heavy atom. The van der Waals surface area contributed by atoms with Crippen molar-refractivity contribution >= 4 is 18.4 Å². The molecule has 0 spiro atoms. The first-order valence-electron chi connectivity index (χ1n) is 5.69. The Balaban J connectivity index is -0.000000980. The van der Waals surface area contributed by atoms with Crippen molar-refractivity contribution in [1.29, 1.82) is 0 Å². The lowest BCUT2D eigenvalue weighted by Crippen LogP contribution is -3.00. The van der Waals surface area contributed by atoms with Crippen LogP contribution in [0.5, 0.6) is 0 Å². The number of quaternary nitrogens is 1. The van der Waals surface area contributed by atoms with E-state index in [1.54, 1.807) is 0 Å². The van der Waals surface area contributed by atoms with Gasteiger partial charge in [-0.1, -0.05) is 6.92 Å². The van der Waals surface area contributed by atoms with Crippen LogP contribution in [0.3, 0.4) is 0 Å². The number of unbranched alkanes of at least 4 members (excludes halogenated alkanes) is 1. The number of nitrogens with two attached hydrogens (primary N) is 1. The van der Waals surface area contributed by atoms with Crippen LogP contribution in [0.1, 0.15) is 32.6 Å². The lowest BCUT2D eigenvalue weighted by molar-refractivity contribution is -0.890. The second-order valence-corrected chi connectivity index (χ2v) is 4.82. The van der Waals surface area contributed by atoms with E-state index in [2.05, 4.69) is 21.0 Å². The monoisotopic (exact) mass is 288 g/mol. The summed E-state index contributed by atoms with van der Waals surface area (Å²) in [5, 5.41) is 8.60. The first-order chi connectivity index (χ1) is 6.89. The van der Waals surface area contributed by atoms with Crippen LogP contribution in [-0.4, -0.2) is 48.8 Å². The average molecular weight is 289 g/mol. The zero-order valence-electron chi connectivity index (χ0n) is 11.0. The normalized spacial score (nSPS) is 12.2. The Kier molecular flexibility index (Phi) is 14.5. The highest BCUT2D eigenvalue weighted by Gasteiger charge is 2.14. The molecule has 0 aromatic heterocycles. The summed E-state index contributed by atoms with van der Waals surface area (Å²) in [6.07, 6.45) is 3.72. The molecule has 0 aliphatic rings. The molecule has 0 unspecified atom stereocenters. The topological polar surface area (TPSA) is 63.3 Å². The number of aliphatic carboxylic acids is 1. The Bertz CT molecular complexity index is 202. The van der Waals surface area contributed by atoms with Crippen molar-refractivity contribution in [2.24, 2.45) is 5.73 Å². The zero-order chi connectivity index (χ0) is 11.9. The molecule has 17 heavy (non-hydrogen) atoms. The fourth-order valence-corrected chi connectivity index (χ4v) is 1.74. The minimum atomic E-state index is -0.891. The lowest BCUT2D eigenvalue weighted by Gasteiger charge is -2.29. The molecule has 0 saturated carbocycles. The number of carbonyl (C=O) groups is 1. The molecule has 0 fully saturated rings. The molecule has 0 bridgehead atoms. The van der Waals surface area contributed by atoms with Crippen molar-refractivity contribution in [2.75, 3.05) is 27.2 Å². The number of hydrogen-bond acceptors (Lipinski definition) is 2. The van der Waals surface area contributed by atoms with Crippen LogP contribution in [0.2, 0.25) is 0 Å². The largest absolute Gasteiger partial charge is 1.00 e. The third-order valence-corrected chi connectivity index (χ3v) is 2.67. The van der Waals surface area contributed by atoms with Gasteiger partial charge >= 0.3 is 5.97 Å². The molecule has 0 aromatic rings. The van der Waals surface area contributed by atoms with Crippen molar-refractivity contribution in [1.82, 2.24) is 0 Å². The Morgan fingerprint density at radius 3 is 2.24 bits per heavy atom. The van der Waals surface area contributed by atoms with E-state index in [0.717, 1.165) is 23.9 Å². The second-order valence-electron chi connectivity index (χ2n) is 4.82. The molecule has 0 aliphatic carbocycles. The van der Waals surface area contributed by atoms with E-state index in [9.17, 15) is 4.79 Å². The van der Waals surface area contributed by atoms with Crippen LogP contribution in [0.4, 0.5) is 0 Å². The molecule has 0 aliphatic heterocycles. The fourth-order valence-electron chi connectivity index (χ4n) is 1.74. The number of rotatable bonds is 8. The predicted octanol–water partition coefficient (Wildman–Crippen LogP) is -1.52. The molecule has 0 amide bonds. The maximum atomic E-state index is 10.5. The van der Waals surface area contributed by atoms with Gasteiger partial charge in [-0.15, -0.1) is 12.4 Å². The highest BCUT2D eigenvalue weighted by atomic mass is 35.5. The third kappa shape index (κ3) is 12.2. The first kappa shape index (κ1) is 22.2. The van der Waals surface area contributed by atoms with Crippen LogP contribution in [0.15, 0.2) is 0 Å². The lowest BCUT2D eigenvalue weighted by atomic mass is 10.1. The maximum absolute atomic E-state index is 10.5. The van der Waals surface area contributed by atoms with Crippen molar-refractivity contribution in [3.8, 4) is 0 Å². The van der Waals surface area contributed by atoms with Crippen LogP contribution >= 0.6 is 12.4 Å². The van der Waals surface area contributed by atoms with E-state index in [1.807, 2.05) is 0 Å². The Labute approximate surface area is 117 Å². The molecule has 0 radical (unpaired) electrons. The first-order valence-corrected chi connectivity index (χ1v) is 5.69. The Hall–Kier alpha value is -0.0300. The van der Waals surface area contributed by atoms with Crippen molar-refractivity contribution < 1.29 is 26.8 Å². The van der Waals surface area contributed by atoms with Crippen LogP contribution < -0.4 is 18.1 Å². The van der Waals surface area contributed by atoms with E-state index in [0.29, 0.717) is 6.42 Å². The van der Waals surface area contributed by atoms with Gasteiger partial charge in [0.15, 0.2) is 0 Å². The second kappa shape index (κ2) is 11.1. The molecule has 0 aromatic carbocycles. The van der Waals surface area contributed by atoms with Gasteiger partial charge in [-0.05, 0) is 25.7 Å². The summed E-state index contributed by atoms with van der Waals surface area (Å²) in [5.74, 6) is -0.891. The molecular formula is C11H26Cl2N2O2. The number of hydrogen-bond donors (Lipinski definition) is 2. The zero-order valence-corrected chi connectivity index (χ0v) is 12.6. The quantitative estimate of drug-likeness (QED) is 0.421. The van der Waals surface area contributed by atoms with Gasteiger partial charge in [0.25, 0.3) is 0 Å². The summed E-state index contributed by atoms with van der Waals surface area (Å²) in [5.41, 5.74) is 5.42. The summed E-state index contributed by atoms with van der Waals surface area (Å²) < 4.78 is 1.01. The molecule has 3 N–H and O–H groups in total. The van der Waals surface area contributed by atoms with E-state index in [4.69, 9.17) is 10.8 Å². The minimum Gasteiger partial charge on any atom is -1.00 e. The SMILES string of the molecule is CCC[N+](C)(C)CCCC[C@H](N)C(=O)O.Cl.[Cl-]. The van der Waals surface area contributed by atoms with Crippen molar-refractivity contribution in [2.45, 2.75) is 38.6 Å². The molecule has 0 saturated heterocycles. The van der Waals surface area contributed by atoms with E-state index in [1.165, 1.54) is 13.0 Å². The van der Waals surface area contributed by atoms with E-state index in [-0.39, 0.29) is 24.8 Å². The van der Waals surface area contributed by atoms with E-state index >= 15 is 0 Å². The van der Waals surface area contributed by atoms with Gasteiger partial charge in [-0.3, -0.25) is 4.79 Å². The molecular weight excluding hydrogens is 263 g/mol. The minimum absolute atomic E-state index is 0. The smallest absolute Gasteiger partial charge is 0.320 e. The summed E-state index contributed by atoms with van der Waals surface area (Å²) in [4.78, 5) is 10.5. The summed E-state index contributed by atoms with van der Waals surface area (Å²) in [6.45, 7) is 4.45. The highest BCUT2D eigenvalue weighted by molar-refractivity contribution is 5.85. The predicted molar refractivity (Wildman–Crippen MR) is 68.8 cm³/mol. The van der Waals surface area contributed by atoms with Crippen LogP contribution in [0.25, 0.3) is 0 Å². The number of carboxylic acids is 1. The summed E-state index contributed by atoms with van der Waals surface area (Å²) in [7, 11) is 4.42. The maximum Gasteiger partial charge on any atom is 0.320 e. The van der Waals surface area contributed by atoms with Gasteiger partial charge in [0.2, 0.25) is 0 Å². The van der Waals surface area contributed by atoms with Gasteiger partial charge < -0.3 is 27.7 Å². The van der Waals surface area contributed by atoms with Crippen molar-refractivity contribution in [3.05, 3.63) is 0 Å². The standard InChI is InChI=1S/C11H24N2O2.2ClH/c1-4-8-13(2,3)9-6-5-7-10(12)11(14)15;;/h10H,4-9,12H2,1-3H3;2*1H/t10-;;/m0../s1. The third-order valence-electron chi connectivity index (χ3n) is 2.67. The number of nitrogens with zero attached hydrogens (tertiary/aromatic N) is 1. The molecule has 6 heteroatoms. The van der Waals surface area contributed by atoms with Gasteiger partial charge in [0.1, 0.15) is 6.04 Å². The number of carboxylic acid groups (broad SMARTS) is 1. The van der Waals surface area contributed by atoms with E-state index < -0.39 is 12.0 Å². The molecule has 1 atom stereocenters. The molecule has 0 heterocycles.